The molecule has 1 aromatic rings. The molecule has 5 nitrogen and oxygen atoms in total. The Hall–Kier alpha value is -1.91. The van der Waals surface area contributed by atoms with E-state index in [-0.39, 0.29) is 17.9 Å². The summed E-state index contributed by atoms with van der Waals surface area (Å²) < 4.78 is 0. The highest BCUT2D eigenvalue weighted by Gasteiger charge is 2.27. The smallest absolute Gasteiger partial charge is 0.306 e. The van der Waals surface area contributed by atoms with Crippen molar-refractivity contribution < 1.29 is 14.7 Å². The van der Waals surface area contributed by atoms with E-state index >= 15 is 0 Å². The average Bonchev–Trinajstić information content (AvgIpc) is 2.46. The zero-order chi connectivity index (χ0) is 14.4. The van der Waals surface area contributed by atoms with Gasteiger partial charge in [-0.2, -0.15) is 0 Å². The second-order valence-corrected chi connectivity index (χ2v) is 5.32. The number of nitrogens with zero attached hydrogens (tertiary/aromatic N) is 1. The summed E-state index contributed by atoms with van der Waals surface area (Å²) >= 11 is 0. The number of carboxylic acids is 1. The SMILES string of the molecule is O=C(CCc1ccncc1)NC1CCCC(C(=O)O)C1. The largest absolute Gasteiger partial charge is 0.481 e. The summed E-state index contributed by atoms with van der Waals surface area (Å²) in [6, 6.07) is 3.80. The van der Waals surface area contributed by atoms with Crippen LogP contribution >= 0.6 is 0 Å². The maximum Gasteiger partial charge on any atom is 0.306 e. The number of hydrogen-bond donors (Lipinski definition) is 2. The lowest BCUT2D eigenvalue weighted by Gasteiger charge is -2.27. The highest BCUT2D eigenvalue weighted by Crippen LogP contribution is 2.24. The molecule has 0 radical (unpaired) electrons. The monoisotopic (exact) mass is 276 g/mol. The van der Waals surface area contributed by atoms with Gasteiger partial charge in [0.2, 0.25) is 5.91 Å². The standard InChI is InChI=1S/C15H20N2O3/c18-14(5-4-11-6-8-16-9-7-11)17-13-3-1-2-12(10-13)15(19)20/h6-9,12-13H,1-5,10H2,(H,17,18)(H,19,20). The van der Waals surface area contributed by atoms with E-state index in [2.05, 4.69) is 10.3 Å². The third-order valence-corrected chi connectivity index (χ3v) is 3.78. The van der Waals surface area contributed by atoms with E-state index in [1.807, 2.05) is 12.1 Å². The van der Waals surface area contributed by atoms with Gasteiger partial charge in [-0.15, -0.1) is 0 Å². The molecule has 1 aliphatic rings. The molecule has 0 spiro atoms. The van der Waals surface area contributed by atoms with Gasteiger partial charge in [0.1, 0.15) is 0 Å². The molecular weight excluding hydrogens is 256 g/mol. The van der Waals surface area contributed by atoms with Gasteiger partial charge in [0.05, 0.1) is 5.92 Å². The van der Waals surface area contributed by atoms with Gasteiger partial charge in [-0.05, 0) is 43.4 Å². The predicted molar refractivity (Wildman–Crippen MR) is 74.1 cm³/mol. The molecule has 2 rings (SSSR count). The van der Waals surface area contributed by atoms with Gasteiger partial charge in [0.15, 0.2) is 0 Å². The van der Waals surface area contributed by atoms with Crippen LogP contribution < -0.4 is 5.32 Å². The van der Waals surface area contributed by atoms with E-state index in [0.717, 1.165) is 24.8 Å². The average molecular weight is 276 g/mol. The molecule has 5 heteroatoms. The minimum Gasteiger partial charge on any atom is -0.481 e. The Morgan fingerprint density at radius 2 is 2.05 bits per heavy atom. The maximum absolute atomic E-state index is 11.9. The molecule has 1 amide bonds. The van der Waals surface area contributed by atoms with E-state index in [9.17, 15) is 9.59 Å². The summed E-state index contributed by atoms with van der Waals surface area (Å²) in [5, 5.41) is 12.0. The predicted octanol–water partition coefficient (Wildman–Crippen LogP) is 1.77. The van der Waals surface area contributed by atoms with E-state index in [0.29, 0.717) is 19.3 Å². The molecule has 108 valence electrons. The molecule has 2 atom stereocenters. The lowest BCUT2D eigenvalue weighted by atomic mass is 9.85. The van der Waals surface area contributed by atoms with Gasteiger partial charge in [-0.1, -0.05) is 6.42 Å². The summed E-state index contributed by atoms with van der Waals surface area (Å²) in [5.74, 6) is -1.06. The first-order valence-corrected chi connectivity index (χ1v) is 7.06. The first-order chi connectivity index (χ1) is 9.65. The van der Waals surface area contributed by atoms with Gasteiger partial charge in [-0.25, -0.2) is 0 Å². The molecule has 2 N–H and O–H groups in total. The van der Waals surface area contributed by atoms with Gasteiger partial charge in [0, 0.05) is 24.9 Å². The Morgan fingerprint density at radius 3 is 2.75 bits per heavy atom. The minimum atomic E-state index is -0.749. The minimum absolute atomic E-state index is 0.00199. The number of carbonyl (C=O) groups is 2. The third-order valence-electron chi connectivity index (χ3n) is 3.78. The number of aryl methyl sites for hydroxylation is 1. The number of pyridine rings is 1. The molecule has 1 aliphatic carbocycles. The van der Waals surface area contributed by atoms with Crippen molar-refractivity contribution in [2.75, 3.05) is 0 Å². The van der Waals surface area contributed by atoms with Crippen molar-refractivity contribution in [3.63, 3.8) is 0 Å². The first kappa shape index (κ1) is 14.5. The number of amides is 1. The van der Waals surface area contributed by atoms with E-state index in [1.165, 1.54) is 0 Å². The van der Waals surface area contributed by atoms with Crippen molar-refractivity contribution in [1.29, 1.82) is 0 Å². The number of hydrogen-bond acceptors (Lipinski definition) is 3. The van der Waals surface area contributed by atoms with E-state index in [1.54, 1.807) is 12.4 Å². The highest BCUT2D eigenvalue weighted by atomic mass is 16.4. The fraction of sp³-hybridized carbons (Fsp3) is 0.533. The summed E-state index contributed by atoms with van der Waals surface area (Å²) in [7, 11) is 0. The highest BCUT2D eigenvalue weighted by molar-refractivity contribution is 5.76. The number of aromatic nitrogens is 1. The van der Waals surface area contributed by atoms with Crippen molar-refractivity contribution in [2.45, 2.75) is 44.6 Å². The lowest BCUT2D eigenvalue weighted by molar-refractivity contribution is -0.143. The maximum atomic E-state index is 11.9. The normalized spacial score (nSPS) is 22.2. The van der Waals surface area contributed by atoms with Crippen LogP contribution in [-0.4, -0.2) is 28.0 Å². The van der Waals surface area contributed by atoms with Crippen molar-refractivity contribution in [1.82, 2.24) is 10.3 Å². The van der Waals surface area contributed by atoms with E-state index < -0.39 is 5.97 Å². The molecule has 1 aromatic heterocycles. The summed E-state index contributed by atoms with van der Waals surface area (Å²) in [6.07, 6.45) is 7.56. The molecule has 20 heavy (non-hydrogen) atoms. The van der Waals surface area contributed by atoms with Crippen LogP contribution in [0.15, 0.2) is 24.5 Å². The Balaban J connectivity index is 1.75. The Kier molecular flexibility index (Phi) is 5.09. The quantitative estimate of drug-likeness (QED) is 0.859. The molecule has 0 aliphatic heterocycles. The third kappa shape index (κ3) is 4.33. The number of nitrogens with one attached hydrogen (secondary N) is 1. The number of aliphatic carboxylic acids is 1. The van der Waals surface area contributed by atoms with Crippen LogP contribution in [0.5, 0.6) is 0 Å². The topological polar surface area (TPSA) is 79.3 Å². The van der Waals surface area contributed by atoms with Crippen molar-refractivity contribution in [3.8, 4) is 0 Å². The van der Waals surface area contributed by atoms with E-state index in [4.69, 9.17) is 5.11 Å². The van der Waals surface area contributed by atoms with Crippen LogP contribution in [0, 0.1) is 5.92 Å². The summed E-state index contributed by atoms with van der Waals surface area (Å²) in [5.41, 5.74) is 1.09. The van der Waals surface area contributed by atoms with Crippen LogP contribution in [0.1, 0.15) is 37.7 Å². The van der Waals surface area contributed by atoms with Gasteiger partial charge in [0.25, 0.3) is 0 Å². The summed E-state index contributed by atoms with van der Waals surface area (Å²) in [4.78, 5) is 26.8. The van der Waals surface area contributed by atoms with Crippen LogP contribution in [0.4, 0.5) is 0 Å². The number of carboxylic acid groups (broad SMARTS) is 1. The van der Waals surface area contributed by atoms with Crippen LogP contribution in [-0.2, 0) is 16.0 Å². The fourth-order valence-electron chi connectivity index (χ4n) is 2.65. The van der Waals surface area contributed by atoms with Crippen molar-refractivity contribution in [2.24, 2.45) is 5.92 Å². The Morgan fingerprint density at radius 1 is 1.30 bits per heavy atom. The van der Waals surface area contributed by atoms with Crippen LogP contribution in [0.3, 0.4) is 0 Å². The molecule has 2 unspecified atom stereocenters. The number of carbonyl (C=O) groups excluding carboxylic acids is 1. The molecule has 0 saturated heterocycles. The zero-order valence-corrected chi connectivity index (χ0v) is 11.4. The molecule has 1 fully saturated rings. The molecule has 0 aromatic carbocycles. The second kappa shape index (κ2) is 7.03. The molecular formula is C15H20N2O3. The van der Waals surface area contributed by atoms with Crippen molar-refractivity contribution in [3.05, 3.63) is 30.1 Å². The molecule has 1 heterocycles. The van der Waals surface area contributed by atoms with Gasteiger partial charge >= 0.3 is 5.97 Å². The second-order valence-electron chi connectivity index (χ2n) is 5.32. The zero-order valence-electron chi connectivity index (χ0n) is 11.4. The van der Waals surface area contributed by atoms with Gasteiger partial charge in [-0.3, -0.25) is 14.6 Å². The van der Waals surface area contributed by atoms with Crippen molar-refractivity contribution >= 4 is 11.9 Å². The molecule has 1 saturated carbocycles. The van der Waals surface area contributed by atoms with Crippen LogP contribution in [0.25, 0.3) is 0 Å². The van der Waals surface area contributed by atoms with Crippen LogP contribution in [0.2, 0.25) is 0 Å². The fourth-order valence-corrected chi connectivity index (χ4v) is 2.65. The Bertz CT molecular complexity index is 461. The lowest BCUT2D eigenvalue weighted by Crippen LogP contribution is -2.40. The first-order valence-electron chi connectivity index (χ1n) is 7.06. The molecule has 0 bridgehead atoms. The number of rotatable bonds is 5. The Labute approximate surface area is 118 Å². The summed E-state index contributed by atoms with van der Waals surface area (Å²) in [6.45, 7) is 0. The van der Waals surface area contributed by atoms with Gasteiger partial charge < -0.3 is 10.4 Å².